The van der Waals surface area contributed by atoms with Crippen molar-refractivity contribution in [3.63, 3.8) is 0 Å². The molecule has 0 saturated carbocycles. The number of unbranched alkanes of at least 4 members (excludes halogenated alkanes) is 36. The Labute approximate surface area is 393 Å². The van der Waals surface area contributed by atoms with Crippen LogP contribution in [0.3, 0.4) is 0 Å². The summed E-state index contributed by atoms with van der Waals surface area (Å²) in [5, 5.41) is 0. The Kier molecular flexibility index (Phi) is 48.6. The maximum absolute atomic E-state index is 12.8. The average Bonchev–Trinajstić information content (AvgIpc) is 3.25. The minimum Gasteiger partial charge on any atom is -0.462 e. The Morgan fingerprint density at radius 2 is 0.524 bits per heavy atom. The van der Waals surface area contributed by atoms with Crippen molar-refractivity contribution in [1.29, 1.82) is 0 Å². The van der Waals surface area contributed by atoms with Crippen LogP contribution < -0.4 is 0 Å². The zero-order valence-corrected chi connectivity index (χ0v) is 43.2. The molecule has 0 aromatic carbocycles. The standard InChI is InChI=1S/C57H110O6/c1-6-7-8-9-10-11-12-15-22-27-32-37-42-47-55(58)61-50-54(63-57(60)49-44-39-34-29-24-19-14-17-21-26-31-36-41-46-53(4)5)51-62-56(59)48-43-38-33-28-23-18-13-16-20-25-30-35-40-45-52(2)3/h52-54H,6-51H2,1-5H3/t54-/m1/s1. The summed E-state index contributed by atoms with van der Waals surface area (Å²) in [6.07, 6.45) is 52.3. The molecule has 0 saturated heterocycles. The van der Waals surface area contributed by atoms with E-state index in [0.717, 1.165) is 69.6 Å². The van der Waals surface area contributed by atoms with Crippen LogP contribution in [0.1, 0.15) is 317 Å². The molecule has 0 amide bonds. The highest BCUT2D eigenvalue weighted by Gasteiger charge is 2.19. The second kappa shape index (κ2) is 49.8. The molecule has 0 heterocycles. The van der Waals surface area contributed by atoms with Gasteiger partial charge in [0.25, 0.3) is 0 Å². The summed E-state index contributed by atoms with van der Waals surface area (Å²) in [4.78, 5) is 38.1. The molecule has 0 aliphatic rings. The number of hydrogen-bond acceptors (Lipinski definition) is 6. The molecular formula is C57H110O6. The normalized spacial score (nSPS) is 12.0. The lowest BCUT2D eigenvalue weighted by molar-refractivity contribution is -0.167. The maximum Gasteiger partial charge on any atom is 0.306 e. The molecule has 0 spiro atoms. The highest BCUT2D eigenvalue weighted by Crippen LogP contribution is 2.18. The molecule has 0 radical (unpaired) electrons. The van der Waals surface area contributed by atoms with Gasteiger partial charge in [-0.2, -0.15) is 0 Å². The van der Waals surface area contributed by atoms with Gasteiger partial charge in [-0.25, -0.2) is 0 Å². The Morgan fingerprint density at radius 3 is 0.778 bits per heavy atom. The van der Waals surface area contributed by atoms with Crippen LogP contribution in [0.2, 0.25) is 0 Å². The van der Waals surface area contributed by atoms with Crippen molar-refractivity contribution in [2.75, 3.05) is 13.2 Å². The molecule has 0 aromatic rings. The van der Waals surface area contributed by atoms with Gasteiger partial charge in [-0.3, -0.25) is 14.4 Å². The molecule has 0 N–H and O–H groups in total. The van der Waals surface area contributed by atoms with Crippen LogP contribution in [0.4, 0.5) is 0 Å². The lowest BCUT2D eigenvalue weighted by atomic mass is 10.0. The SMILES string of the molecule is CCCCCCCCCCCCCCCC(=O)OC[C@H](COC(=O)CCCCCCCCCCCCCCCC(C)C)OC(=O)CCCCCCCCCCCCCCCC(C)C. The van der Waals surface area contributed by atoms with E-state index in [0.29, 0.717) is 19.3 Å². The molecule has 0 aliphatic carbocycles. The van der Waals surface area contributed by atoms with E-state index in [-0.39, 0.29) is 31.1 Å². The molecule has 63 heavy (non-hydrogen) atoms. The summed E-state index contributed by atoms with van der Waals surface area (Å²) < 4.78 is 16.9. The fourth-order valence-electron chi connectivity index (χ4n) is 8.70. The molecule has 0 rings (SSSR count). The van der Waals surface area contributed by atoms with Gasteiger partial charge in [0.2, 0.25) is 0 Å². The number of hydrogen-bond donors (Lipinski definition) is 0. The Hall–Kier alpha value is -1.59. The molecule has 6 heteroatoms. The predicted octanol–water partition coefficient (Wildman–Crippen LogP) is 18.5. The predicted molar refractivity (Wildman–Crippen MR) is 270 cm³/mol. The molecule has 0 aliphatic heterocycles. The van der Waals surface area contributed by atoms with Gasteiger partial charge < -0.3 is 14.2 Å². The van der Waals surface area contributed by atoms with E-state index in [1.807, 2.05) is 0 Å². The van der Waals surface area contributed by atoms with Crippen LogP contribution in [0.5, 0.6) is 0 Å². The number of ether oxygens (including phenoxy) is 3. The quantitative estimate of drug-likeness (QED) is 0.0344. The zero-order valence-electron chi connectivity index (χ0n) is 43.2. The summed E-state index contributed by atoms with van der Waals surface area (Å²) >= 11 is 0. The van der Waals surface area contributed by atoms with Crippen LogP contribution in [0, 0.1) is 11.8 Å². The second-order valence-electron chi connectivity index (χ2n) is 20.5. The lowest BCUT2D eigenvalue weighted by Crippen LogP contribution is -2.30. The Morgan fingerprint density at radius 1 is 0.302 bits per heavy atom. The molecule has 0 bridgehead atoms. The topological polar surface area (TPSA) is 78.9 Å². The number of rotatable bonds is 51. The third-order valence-electron chi connectivity index (χ3n) is 13.0. The van der Waals surface area contributed by atoms with Crippen molar-refractivity contribution in [3.8, 4) is 0 Å². The van der Waals surface area contributed by atoms with E-state index in [1.54, 1.807) is 0 Å². The van der Waals surface area contributed by atoms with E-state index >= 15 is 0 Å². The number of carbonyl (C=O) groups excluding carboxylic acids is 3. The minimum absolute atomic E-state index is 0.0628. The van der Waals surface area contributed by atoms with Gasteiger partial charge in [0.15, 0.2) is 6.10 Å². The third-order valence-corrected chi connectivity index (χ3v) is 13.0. The molecule has 6 nitrogen and oxygen atoms in total. The molecule has 374 valence electrons. The van der Waals surface area contributed by atoms with Crippen molar-refractivity contribution in [2.45, 2.75) is 323 Å². The van der Waals surface area contributed by atoms with E-state index < -0.39 is 6.10 Å². The third kappa shape index (κ3) is 51.3. The van der Waals surface area contributed by atoms with Crippen molar-refractivity contribution in [3.05, 3.63) is 0 Å². The van der Waals surface area contributed by atoms with Crippen molar-refractivity contribution >= 4 is 17.9 Å². The van der Waals surface area contributed by atoms with Crippen LogP contribution in [0.15, 0.2) is 0 Å². The second-order valence-corrected chi connectivity index (χ2v) is 20.5. The number of esters is 3. The summed E-state index contributed by atoms with van der Waals surface area (Å²) in [6.45, 7) is 11.4. The van der Waals surface area contributed by atoms with Crippen LogP contribution in [-0.2, 0) is 28.6 Å². The van der Waals surface area contributed by atoms with Gasteiger partial charge in [-0.15, -0.1) is 0 Å². The summed E-state index contributed by atoms with van der Waals surface area (Å²) in [5.74, 6) is 0.837. The summed E-state index contributed by atoms with van der Waals surface area (Å²) in [5.41, 5.74) is 0. The molecule has 0 unspecified atom stereocenters. The van der Waals surface area contributed by atoms with Gasteiger partial charge in [0, 0.05) is 19.3 Å². The smallest absolute Gasteiger partial charge is 0.306 e. The van der Waals surface area contributed by atoms with Gasteiger partial charge >= 0.3 is 17.9 Å². The maximum atomic E-state index is 12.8. The summed E-state index contributed by atoms with van der Waals surface area (Å²) in [7, 11) is 0. The van der Waals surface area contributed by atoms with Crippen molar-refractivity contribution in [1.82, 2.24) is 0 Å². The fraction of sp³-hybridized carbons (Fsp3) is 0.947. The molecular weight excluding hydrogens is 781 g/mol. The lowest BCUT2D eigenvalue weighted by Gasteiger charge is -2.18. The highest BCUT2D eigenvalue weighted by molar-refractivity contribution is 5.71. The van der Waals surface area contributed by atoms with E-state index in [4.69, 9.17) is 14.2 Å². The average molecular weight is 892 g/mol. The fourth-order valence-corrected chi connectivity index (χ4v) is 8.70. The largest absolute Gasteiger partial charge is 0.462 e. The van der Waals surface area contributed by atoms with Gasteiger partial charge in [0.05, 0.1) is 0 Å². The Balaban J connectivity index is 4.30. The van der Waals surface area contributed by atoms with Crippen LogP contribution >= 0.6 is 0 Å². The zero-order chi connectivity index (χ0) is 46.1. The van der Waals surface area contributed by atoms with Crippen molar-refractivity contribution in [2.24, 2.45) is 11.8 Å². The monoisotopic (exact) mass is 891 g/mol. The van der Waals surface area contributed by atoms with Crippen LogP contribution in [-0.4, -0.2) is 37.2 Å². The molecule has 0 fully saturated rings. The van der Waals surface area contributed by atoms with E-state index in [1.165, 1.54) is 205 Å². The van der Waals surface area contributed by atoms with Crippen molar-refractivity contribution < 1.29 is 28.6 Å². The van der Waals surface area contributed by atoms with E-state index in [2.05, 4.69) is 34.6 Å². The first-order valence-electron chi connectivity index (χ1n) is 28.2. The molecule has 1 atom stereocenters. The van der Waals surface area contributed by atoms with Gasteiger partial charge in [-0.1, -0.05) is 279 Å². The molecule has 0 aromatic heterocycles. The van der Waals surface area contributed by atoms with Gasteiger partial charge in [0.1, 0.15) is 13.2 Å². The first-order chi connectivity index (χ1) is 30.7. The van der Waals surface area contributed by atoms with E-state index in [9.17, 15) is 14.4 Å². The highest BCUT2D eigenvalue weighted by atomic mass is 16.6. The summed E-state index contributed by atoms with van der Waals surface area (Å²) in [6, 6.07) is 0. The Bertz CT molecular complexity index is 962. The minimum atomic E-state index is -0.762. The first-order valence-corrected chi connectivity index (χ1v) is 28.2. The first kappa shape index (κ1) is 61.4. The number of carbonyl (C=O) groups is 3. The van der Waals surface area contributed by atoms with Crippen LogP contribution in [0.25, 0.3) is 0 Å². The van der Waals surface area contributed by atoms with Gasteiger partial charge in [-0.05, 0) is 31.1 Å².